The summed E-state index contributed by atoms with van der Waals surface area (Å²) >= 11 is 0. The number of carbonyl (C=O) groups excluding carboxylic acids is 2. The van der Waals surface area contributed by atoms with Gasteiger partial charge < -0.3 is 10.2 Å². The lowest BCUT2D eigenvalue weighted by molar-refractivity contribution is -0.134. The van der Waals surface area contributed by atoms with Crippen LogP contribution in [-0.2, 0) is 21.2 Å². The van der Waals surface area contributed by atoms with Crippen LogP contribution in [0.2, 0.25) is 0 Å². The van der Waals surface area contributed by atoms with Gasteiger partial charge in [0.2, 0.25) is 15.9 Å². The number of hydrogen-bond acceptors (Lipinski definition) is 4. The smallest absolute Gasteiger partial charge is 0.251 e. The van der Waals surface area contributed by atoms with E-state index in [9.17, 15) is 18.0 Å². The second-order valence-corrected chi connectivity index (χ2v) is 11.0. The van der Waals surface area contributed by atoms with E-state index < -0.39 is 16.1 Å². The number of piperazine rings is 1. The zero-order valence-corrected chi connectivity index (χ0v) is 21.4. The van der Waals surface area contributed by atoms with Crippen LogP contribution in [0.1, 0.15) is 27.0 Å². The summed E-state index contributed by atoms with van der Waals surface area (Å²) in [5, 5.41) is 2.90. The molecule has 0 radical (unpaired) electrons. The van der Waals surface area contributed by atoms with Crippen LogP contribution in [0.5, 0.6) is 0 Å². The fraction of sp³-hybridized carbons (Fsp3) is 0.286. The van der Waals surface area contributed by atoms with E-state index in [0.29, 0.717) is 22.4 Å². The van der Waals surface area contributed by atoms with Crippen molar-refractivity contribution in [1.29, 1.82) is 0 Å². The van der Waals surface area contributed by atoms with Gasteiger partial charge in [0.05, 0.1) is 4.90 Å². The molecule has 0 aliphatic carbocycles. The summed E-state index contributed by atoms with van der Waals surface area (Å²) in [7, 11) is -3.66. The van der Waals surface area contributed by atoms with Gasteiger partial charge in [-0.05, 0) is 48.7 Å². The molecule has 1 heterocycles. The molecule has 3 aromatic carbocycles. The molecule has 8 heteroatoms. The quantitative estimate of drug-likeness (QED) is 0.534. The molecule has 36 heavy (non-hydrogen) atoms. The molecule has 0 spiro atoms. The highest BCUT2D eigenvalue weighted by Crippen LogP contribution is 2.23. The van der Waals surface area contributed by atoms with Crippen molar-refractivity contribution in [3.8, 4) is 0 Å². The highest BCUT2D eigenvalue weighted by atomic mass is 32.2. The van der Waals surface area contributed by atoms with E-state index in [1.54, 1.807) is 42.2 Å². The molecule has 7 nitrogen and oxygen atoms in total. The van der Waals surface area contributed by atoms with Gasteiger partial charge in [-0.15, -0.1) is 0 Å². The van der Waals surface area contributed by atoms with Crippen molar-refractivity contribution >= 4 is 21.8 Å². The molecule has 0 bridgehead atoms. The third-order valence-electron chi connectivity index (χ3n) is 6.43. The molecule has 1 fully saturated rings. The molecule has 1 aliphatic heterocycles. The minimum absolute atomic E-state index is 0.201. The minimum Gasteiger partial charge on any atom is -0.340 e. The van der Waals surface area contributed by atoms with Crippen LogP contribution in [-0.4, -0.2) is 61.7 Å². The first-order valence-electron chi connectivity index (χ1n) is 12.0. The summed E-state index contributed by atoms with van der Waals surface area (Å²) in [6.07, 6.45) is 0.346. The summed E-state index contributed by atoms with van der Waals surface area (Å²) in [6, 6.07) is 23.0. The van der Waals surface area contributed by atoms with Crippen LogP contribution in [0.25, 0.3) is 0 Å². The Balaban J connectivity index is 1.48. The summed E-state index contributed by atoms with van der Waals surface area (Å²) in [5.74, 6) is -0.534. The number of hydrogen-bond donors (Lipinski definition) is 1. The molecule has 2 amide bonds. The molecule has 0 unspecified atom stereocenters. The van der Waals surface area contributed by atoms with E-state index in [4.69, 9.17) is 0 Å². The number of carbonyl (C=O) groups is 2. The monoisotopic (exact) mass is 505 g/mol. The third kappa shape index (κ3) is 5.83. The van der Waals surface area contributed by atoms with Gasteiger partial charge in [0, 0.05) is 38.2 Å². The van der Waals surface area contributed by atoms with Crippen molar-refractivity contribution in [1.82, 2.24) is 14.5 Å². The van der Waals surface area contributed by atoms with Crippen molar-refractivity contribution in [2.24, 2.45) is 0 Å². The molecule has 1 aliphatic rings. The Morgan fingerprint density at radius 2 is 1.47 bits per heavy atom. The number of benzene rings is 3. The molecule has 0 aromatic heterocycles. The zero-order chi connectivity index (χ0) is 25.7. The summed E-state index contributed by atoms with van der Waals surface area (Å²) in [4.78, 5) is 28.4. The average Bonchev–Trinajstić information content (AvgIpc) is 2.90. The first kappa shape index (κ1) is 25.6. The normalized spacial score (nSPS) is 15.3. The van der Waals surface area contributed by atoms with Gasteiger partial charge >= 0.3 is 0 Å². The fourth-order valence-electron chi connectivity index (χ4n) is 4.37. The average molecular weight is 506 g/mol. The molecular weight excluding hydrogens is 474 g/mol. The molecule has 1 N–H and O–H groups in total. The number of rotatable bonds is 7. The highest BCUT2D eigenvalue weighted by Gasteiger charge is 2.34. The molecule has 188 valence electrons. The Morgan fingerprint density at radius 1 is 0.861 bits per heavy atom. The number of nitrogens with zero attached hydrogens (tertiary/aromatic N) is 2. The van der Waals surface area contributed by atoms with Gasteiger partial charge in [-0.2, -0.15) is 4.31 Å². The molecule has 0 saturated carbocycles. The van der Waals surface area contributed by atoms with Gasteiger partial charge in [-0.3, -0.25) is 9.59 Å². The Kier molecular flexibility index (Phi) is 7.86. The molecule has 1 atom stereocenters. The number of amides is 2. The Morgan fingerprint density at radius 3 is 2.11 bits per heavy atom. The Bertz CT molecular complexity index is 1320. The topological polar surface area (TPSA) is 86.8 Å². The molecule has 1 saturated heterocycles. The maximum Gasteiger partial charge on any atom is 0.251 e. The maximum atomic E-state index is 13.5. The van der Waals surface area contributed by atoms with E-state index in [0.717, 1.165) is 11.1 Å². The first-order chi connectivity index (χ1) is 17.3. The largest absolute Gasteiger partial charge is 0.340 e. The van der Waals surface area contributed by atoms with Crippen LogP contribution in [0.4, 0.5) is 0 Å². The van der Waals surface area contributed by atoms with Gasteiger partial charge in [0.25, 0.3) is 5.91 Å². The van der Waals surface area contributed by atoms with Crippen molar-refractivity contribution in [2.45, 2.75) is 31.2 Å². The van der Waals surface area contributed by atoms with Crippen LogP contribution in [0.15, 0.2) is 83.8 Å². The number of nitrogens with one attached hydrogen (secondary N) is 1. The lowest BCUT2D eigenvalue weighted by Gasteiger charge is -2.36. The van der Waals surface area contributed by atoms with Crippen LogP contribution in [0, 0.1) is 13.8 Å². The Hall–Kier alpha value is -3.49. The van der Waals surface area contributed by atoms with Crippen LogP contribution >= 0.6 is 0 Å². The maximum absolute atomic E-state index is 13.5. The lowest BCUT2D eigenvalue weighted by Crippen LogP contribution is -2.56. The number of sulfonamides is 1. The van der Waals surface area contributed by atoms with Crippen LogP contribution in [0.3, 0.4) is 0 Å². The Labute approximate surface area is 212 Å². The summed E-state index contributed by atoms with van der Waals surface area (Å²) < 4.78 is 28.0. The number of aryl methyl sites for hydroxylation is 2. The van der Waals surface area contributed by atoms with Crippen LogP contribution < -0.4 is 5.32 Å². The SMILES string of the molecule is Cc1ccc(C)c(S(=O)(=O)N2CCN(C(=O)[C@@H](Cc3ccccc3)NC(=O)c3ccccc3)CC2)c1. The molecule has 3 aromatic rings. The second-order valence-electron chi connectivity index (χ2n) is 9.08. The predicted molar refractivity (Wildman–Crippen MR) is 139 cm³/mol. The van der Waals surface area contributed by atoms with Gasteiger partial charge in [-0.1, -0.05) is 60.7 Å². The molecular formula is C28H31N3O4S. The second kappa shape index (κ2) is 11.1. The highest BCUT2D eigenvalue weighted by molar-refractivity contribution is 7.89. The van der Waals surface area contributed by atoms with Crippen molar-refractivity contribution in [3.05, 3.63) is 101 Å². The van der Waals surface area contributed by atoms with Gasteiger partial charge in [0.1, 0.15) is 6.04 Å². The van der Waals surface area contributed by atoms with Gasteiger partial charge in [0.15, 0.2) is 0 Å². The standard InChI is InChI=1S/C28H31N3O4S/c1-21-13-14-22(2)26(19-21)36(34,35)31-17-15-30(16-18-31)28(33)25(20-23-9-5-3-6-10-23)29-27(32)24-11-7-4-8-12-24/h3-14,19,25H,15-18,20H2,1-2H3,(H,29,32)/t25-/m1/s1. The molecule has 4 rings (SSSR count). The van der Waals surface area contributed by atoms with E-state index in [2.05, 4.69) is 5.32 Å². The summed E-state index contributed by atoms with van der Waals surface area (Å²) in [6.45, 7) is 4.57. The predicted octanol–water partition coefficient (Wildman–Crippen LogP) is 3.18. The van der Waals surface area contributed by atoms with Gasteiger partial charge in [-0.25, -0.2) is 8.42 Å². The minimum atomic E-state index is -3.66. The lowest BCUT2D eigenvalue weighted by atomic mass is 10.0. The van der Waals surface area contributed by atoms with E-state index >= 15 is 0 Å². The van der Waals surface area contributed by atoms with Crippen molar-refractivity contribution in [2.75, 3.05) is 26.2 Å². The zero-order valence-electron chi connectivity index (χ0n) is 20.6. The van der Waals surface area contributed by atoms with Crippen molar-refractivity contribution in [3.63, 3.8) is 0 Å². The van der Waals surface area contributed by atoms with Crippen molar-refractivity contribution < 1.29 is 18.0 Å². The van der Waals surface area contributed by atoms with E-state index in [-0.39, 0.29) is 38.0 Å². The third-order valence-corrected chi connectivity index (χ3v) is 8.47. The van der Waals surface area contributed by atoms with E-state index in [1.165, 1.54) is 4.31 Å². The summed E-state index contributed by atoms with van der Waals surface area (Å²) in [5.41, 5.74) is 2.99. The van der Waals surface area contributed by atoms with E-state index in [1.807, 2.05) is 55.5 Å². The first-order valence-corrected chi connectivity index (χ1v) is 13.5. The fourth-order valence-corrected chi connectivity index (χ4v) is 6.11.